The molecule has 5 nitrogen and oxygen atoms in total. The second kappa shape index (κ2) is 8.66. The lowest BCUT2D eigenvalue weighted by atomic mass is 10.0. The Bertz CT molecular complexity index is 1070. The summed E-state index contributed by atoms with van der Waals surface area (Å²) in [4.78, 5) is 12.7. The van der Waals surface area contributed by atoms with Crippen molar-refractivity contribution in [3.8, 4) is 0 Å². The van der Waals surface area contributed by atoms with E-state index in [9.17, 15) is 13.2 Å². The van der Waals surface area contributed by atoms with Gasteiger partial charge in [-0.15, -0.1) is 0 Å². The third kappa shape index (κ3) is 4.77. The lowest BCUT2D eigenvalue weighted by molar-refractivity contribution is 0.0953. The van der Waals surface area contributed by atoms with E-state index in [2.05, 4.69) is 19.2 Å². The highest BCUT2D eigenvalue weighted by molar-refractivity contribution is 7.91. The van der Waals surface area contributed by atoms with Crippen molar-refractivity contribution in [2.24, 2.45) is 0 Å². The monoisotopic (exact) mass is 411 g/mol. The Morgan fingerprint density at radius 3 is 2.34 bits per heavy atom. The van der Waals surface area contributed by atoms with Gasteiger partial charge in [0.15, 0.2) is 9.84 Å². The van der Waals surface area contributed by atoms with Crippen LogP contribution in [-0.2, 0) is 9.84 Å². The molecule has 3 rings (SSSR count). The molecule has 0 saturated carbocycles. The number of carbonyl (C=O) groups excluding carboxylic acids is 1. The average molecular weight is 412 g/mol. The zero-order valence-corrected chi connectivity index (χ0v) is 17.6. The van der Waals surface area contributed by atoms with E-state index in [1.807, 2.05) is 25.1 Å². The fourth-order valence-electron chi connectivity index (χ4n) is 3.12. The summed E-state index contributed by atoms with van der Waals surface area (Å²) in [7, 11) is -3.76. The highest BCUT2D eigenvalue weighted by atomic mass is 32.2. The van der Waals surface area contributed by atoms with Gasteiger partial charge in [-0.05, 0) is 54.8 Å². The molecule has 0 unspecified atom stereocenters. The maximum Gasteiger partial charge on any atom is 0.251 e. The van der Waals surface area contributed by atoms with Crippen LogP contribution in [0.15, 0.2) is 76.2 Å². The first-order valence-electron chi connectivity index (χ1n) is 9.51. The average Bonchev–Trinajstić information content (AvgIpc) is 3.22. The number of hydrogen-bond donors (Lipinski definition) is 1. The van der Waals surface area contributed by atoms with Gasteiger partial charge in [0.1, 0.15) is 11.0 Å². The van der Waals surface area contributed by atoms with Gasteiger partial charge in [-0.3, -0.25) is 4.79 Å². The molecule has 6 heteroatoms. The van der Waals surface area contributed by atoms with E-state index in [1.54, 1.807) is 42.5 Å². The molecule has 2 aromatic carbocycles. The quantitative estimate of drug-likeness (QED) is 0.614. The van der Waals surface area contributed by atoms with Gasteiger partial charge in [-0.2, -0.15) is 0 Å². The third-order valence-corrected chi connectivity index (χ3v) is 6.92. The van der Waals surface area contributed by atoms with Crippen LogP contribution < -0.4 is 5.32 Å². The van der Waals surface area contributed by atoms with E-state index in [1.165, 1.54) is 6.26 Å². The summed E-state index contributed by atoms with van der Waals surface area (Å²) < 4.78 is 32.0. The summed E-state index contributed by atoms with van der Waals surface area (Å²) in [5, 5.41) is 1.72. The molecule has 1 amide bonds. The molecule has 0 spiro atoms. The van der Waals surface area contributed by atoms with Gasteiger partial charge < -0.3 is 9.73 Å². The van der Waals surface area contributed by atoms with E-state index in [-0.39, 0.29) is 17.3 Å². The van der Waals surface area contributed by atoms with E-state index in [0.29, 0.717) is 17.2 Å². The molecule has 1 N–H and O–H groups in total. The van der Waals surface area contributed by atoms with Gasteiger partial charge in [-0.1, -0.05) is 43.7 Å². The first-order valence-corrected chi connectivity index (χ1v) is 11.1. The van der Waals surface area contributed by atoms with Crippen LogP contribution in [0.4, 0.5) is 0 Å². The van der Waals surface area contributed by atoms with Crippen molar-refractivity contribution >= 4 is 15.7 Å². The van der Waals surface area contributed by atoms with Crippen LogP contribution in [0.1, 0.15) is 52.3 Å². The predicted octanol–water partition coefficient (Wildman–Crippen LogP) is 4.66. The minimum atomic E-state index is -3.76. The lowest BCUT2D eigenvalue weighted by Gasteiger charge is -2.17. The van der Waals surface area contributed by atoms with Gasteiger partial charge in [-0.25, -0.2) is 8.42 Å². The standard InChI is InChI=1S/C23H25NO4S/c1-16(2)18-9-11-20(12-10-18)29(26,27)22(21-8-5-13-28-21)15-24-23(25)19-7-4-6-17(3)14-19/h4-14,16,22H,15H2,1-3H3,(H,24,25)/t22-/m0/s1. The number of hydrogen-bond acceptors (Lipinski definition) is 4. The van der Waals surface area contributed by atoms with Crippen molar-refractivity contribution in [3.63, 3.8) is 0 Å². The Morgan fingerprint density at radius 1 is 1.03 bits per heavy atom. The summed E-state index contributed by atoms with van der Waals surface area (Å²) in [6.07, 6.45) is 1.43. The van der Waals surface area contributed by atoms with Crippen molar-refractivity contribution in [2.45, 2.75) is 36.8 Å². The number of amides is 1. The molecule has 1 aromatic heterocycles. The van der Waals surface area contributed by atoms with E-state index < -0.39 is 15.1 Å². The largest absolute Gasteiger partial charge is 0.468 e. The molecule has 0 bridgehead atoms. The van der Waals surface area contributed by atoms with E-state index in [4.69, 9.17) is 4.42 Å². The molecule has 0 aliphatic heterocycles. The second-order valence-corrected chi connectivity index (χ2v) is 9.48. The Kier molecular flexibility index (Phi) is 6.23. The Hall–Kier alpha value is -2.86. The first-order chi connectivity index (χ1) is 13.8. The molecule has 152 valence electrons. The van der Waals surface area contributed by atoms with Crippen LogP contribution in [0.5, 0.6) is 0 Å². The summed E-state index contributed by atoms with van der Waals surface area (Å²) in [6, 6.07) is 17.3. The zero-order valence-electron chi connectivity index (χ0n) is 16.8. The van der Waals surface area contributed by atoms with Crippen LogP contribution >= 0.6 is 0 Å². The lowest BCUT2D eigenvalue weighted by Crippen LogP contribution is -2.31. The topological polar surface area (TPSA) is 76.4 Å². The second-order valence-electron chi connectivity index (χ2n) is 7.35. The van der Waals surface area contributed by atoms with Crippen LogP contribution in [0.3, 0.4) is 0 Å². The Morgan fingerprint density at radius 2 is 1.76 bits per heavy atom. The van der Waals surface area contributed by atoms with Gasteiger partial charge in [0.25, 0.3) is 5.91 Å². The highest BCUT2D eigenvalue weighted by Gasteiger charge is 2.32. The van der Waals surface area contributed by atoms with Gasteiger partial charge in [0.05, 0.1) is 11.2 Å². The smallest absolute Gasteiger partial charge is 0.251 e. The van der Waals surface area contributed by atoms with Crippen LogP contribution in [0, 0.1) is 6.92 Å². The summed E-state index contributed by atoms with van der Waals surface area (Å²) in [6.45, 7) is 5.91. The molecule has 0 aliphatic rings. The molecule has 1 heterocycles. The summed E-state index contributed by atoms with van der Waals surface area (Å²) in [5.74, 6) is 0.277. The maximum atomic E-state index is 13.3. The summed E-state index contributed by atoms with van der Waals surface area (Å²) >= 11 is 0. The first kappa shape index (κ1) is 20.9. The molecule has 3 aromatic rings. The molecule has 0 radical (unpaired) electrons. The SMILES string of the molecule is Cc1cccc(C(=O)NC[C@@H](c2ccco2)S(=O)(=O)c2ccc(C(C)C)cc2)c1. The van der Waals surface area contributed by atoms with Crippen molar-refractivity contribution in [1.29, 1.82) is 0 Å². The van der Waals surface area contributed by atoms with Gasteiger partial charge >= 0.3 is 0 Å². The minimum Gasteiger partial charge on any atom is -0.468 e. The minimum absolute atomic E-state index is 0.0887. The Balaban J connectivity index is 1.86. The Labute approximate surface area is 171 Å². The molecule has 0 saturated heterocycles. The van der Waals surface area contributed by atoms with Crippen molar-refractivity contribution in [3.05, 3.63) is 89.4 Å². The van der Waals surface area contributed by atoms with Crippen LogP contribution in [0.25, 0.3) is 0 Å². The number of aryl methyl sites for hydroxylation is 1. The molecular weight excluding hydrogens is 386 g/mol. The fourth-order valence-corrected chi connectivity index (χ4v) is 4.70. The number of nitrogens with one attached hydrogen (secondary N) is 1. The van der Waals surface area contributed by atoms with Crippen LogP contribution in [0.2, 0.25) is 0 Å². The van der Waals surface area contributed by atoms with E-state index in [0.717, 1.165) is 11.1 Å². The molecule has 0 fully saturated rings. The van der Waals surface area contributed by atoms with Crippen molar-refractivity contribution in [2.75, 3.05) is 6.54 Å². The normalized spacial score (nSPS) is 12.7. The van der Waals surface area contributed by atoms with Gasteiger partial charge in [0, 0.05) is 12.1 Å². The molecule has 1 atom stereocenters. The summed E-state index contributed by atoms with van der Waals surface area (Å²) in [5.41, 5.74) is 2.51. The fraction of sp³-hybridized carbons (Fsp3) is 0.261. The molecule has 29 heavy (non-hydrogen) atoms. The number of benzene rings is 2. The van der Waals surface area contributed by atoms with Gasteiger partial charge in [0.2, 0.25) is 0 Å². The predicted molar refractivity (Wildman–Crippen MR) is 113 cm³/mol. The number of sulfone groups is 1. The molecule has 0 aliphatic carbocycles. The zero-order chi connectivity index (χ0) is 21.0. The van der Waals surface area contributed by atoms with Crippen LogP contribution in [-0.4, -0.2) is 20.9 Å². The van der Waals surface area contributed by atoms with Crippen molar-refractivity contribution in [1.82, 2.24) is 5.32 Å². The third-order valence-electron chi connectivity index (χ3n) is 4.84. The highest BCUT2D eigenvalue weighted by Crippen LogP contribution is 2.30. The molecular formula is C23H25NO4S. The number of carbonyl (C=O) groups is 1. The number of rotatable bonds is 7. The maximum absolute atomic E-state index is 13.3. The van der Waals surface area contributed by atoms with Crippen molar-refractivity contribution < 1.29 is 17.6 Å². The van der Waals surface area contributed by atoms with E-state index >= 15 is 0 Å². The number of furan rings is 1.